The molecule has 2 aliphatic rings. The van der Waals surface area contributed by atoms with Gasteiger partial charge in [-0.2, -0.15) is 4.31 Å². The molecule has 0 spiro atoms. The van der Waals surface area contributed by atoms with Crippen LogP contribution in [-0.4, -0.2) is 60.5 Å². The van der Waals surface area contributed by atoms with Gasteiger partial charge in [-0.25, -0.2) is 18.4 Å². The number of nitrogens with zero attached hydrogens (tertiary/aromatic N) is 4. The van der Waals surface area contributed by atoms with E-state index >= 15 is 0 Å². The van der Waals surface area contributed by atoms with Crippen LogP contribution in [0.2, 0.25) is 0 Å². The number of hydrogen-bond acceptors (Lipinski definition) is 7. The van der Waals surface area contributed by atoms with E-state index in [2.05, 4.69) is 15.3 Å². The summed E-state index contributed by atoms with van der Waals surface area (Å²) in [5, 5.41) is 2.85. The Morgan fingerprint density at radius 3 is 2.57 bits per heavy atom. The number of carbonyl (C=O) groups excluding carboxylic acids is 1. The number of sulfonamides is 1. The van der Waals surface area contributed by atoms with Gasteiger partial charge in [0.15, 0.2) is 0 Å². The molecule has 3 heterocycles. The van der Waals surface area contributed by atoms with E-state index in [4.69, 9.17) is 0 Å². The summed E-state index contributed by atoms with van der Waals surface area (Å²) >= 11 is 1.56. The van der Waals surface area contributed by atoms with Crippen LogP contribution in [0.4, 0.5) is 11.6 Å². The third-order valence-corrected chi connectivity index (χ3v) is 8.09. The highest BCUT2D eigenvalue weighted by Gasteiger charge is 2.30. The van der Waals surface area contributed by atoms with Crippen molar-refractivity contribution in [3.05, 3.63) is 36.7 Å². The molecule has 1 fully saturated rings. The van der Waals surface area contributed by atoms with Crippen molar-refractivity contribution in [1.29, 1.82) is 0 Å². The molecule has 1 unspecified atom stereocenters. The van der Waals surface area contributed by atoms with Crippen LogP contribution < -0.4 is 10.2 Å². The Balaban J connectivity index is 1.52. The highest BCUT2D eigenvalue weighted by Crippen LogP contribution is 2.34. The van der Waals surface area contributed by atoms with Gasteiger partial charge in [-0.15, -0.1) is 11.8 Å². The number of hydrogen-bond donors (Lipinski definition) is 1. The van der Waals surface area contributed by atoms with E-state index in [1.807, 2.05) is 11.8 Å². The topological polar surface area (TPSA) is 95.5 Å². The fraction of sp³-hybridized carbons (Fsp3) is 0.389. The molecule has 8 nitrogen and oxygen atoms in total. The van der Waals surface area contributed by atoms with Crippen molar-refractivity contribution in [1.82, 2.24) is 14.3 Å². The lowest BCUT2D eigenvalue weighted by molar-refractivity contribution is -0.118. The van der Waals surface area contributed by atoms with Crippen molar-refractivity contribution in [3.8, 4) is 0 Å². The number of fused-ring (bicyclic) bond motifs is 1. The molecule has 0 radical (unpaired) electrons. The van der Waals surface area contributed by atoms with Gasteiger partial charge in [-0.3, -0.25) is 4.79 Å². The summed E-state index contributed by atoms with van der Waals surface area (Å²) in [6.07, 6.45) is 3.35. The molecule has 0 bridgehead atoms. The molecule has 2 aliphatic heterocycles. The summed E-state index contributed by atoms with van der Waals surface area (Å²) in [5.74, 6) is 1.08. The predicted molar refractivity (Wildman–Crippen MR) is 108 cm³/mol. The van der Waals surface area contributed by atoms with Crippen LogP contribution in [0.25, 0.3) is 0 Å². The number of carbonyl (C=O) groups is 1. The molecule has 4 rings (SSSR count). The summed E-state index contributed by atoms with van der Waals surface area (Å²) in [5.41, 5.74) is 0.566. The van der Waals surface area contributed by atoms with E-state index in [1.165, 1.54) is 4.31 Å². The molecule has 1 N–H and O–H groups in total. The summed E-state index contributed by atoms with van der Waals surface area (Å²) in [7, 11) is -3.64. The Morgan fingerprint density at radius 1 is 1.14 bits per heavy atom. The van der Waals surface area contributed by atoms with Gasteiger partial charge in [-0.05, 0) is 24.3 Å². The molecule has 0 aliphatic carbocycles. The Labute approximate surface area is 168 Å². The lowest BCUT2D eigenvalue weighted by atomic mass is 10.2. The van der Waals surface area contributed by atoms with E-state index in [9.17, 15) is 13.2 Å². The molecule has 148 valence electrons. The monoisotopic (exact) mass is 419 g/mol. The summed E-state index contributed by atoms with van der Waals surface area (Å²) < 4.78 is 27.7. The Bertz CT molecular complexity index is 976. The third kappa shape index (κ3) is 3.71. The molecule has 28 heavy (non-hydrogen) atoms. The second-order valence-electron chi connectivity index (χ2n) is 6.80. The van der Waals surface area contributed by atoms with E-state index in [1.54, 1.807) is 48.4 Å². The lowest BCUT2D eigenvalue weighted by Crippen LogP contribution is -2.49. The molecular weight excluding hydrogens is 398 g/mol. The Hall–Kier alpha value is -2.17. The summed E-state index contributed by atoms with van der Waals surface area (Å²) in [6, 6.07) is 6.72. The standard InChI is InChI=1S/C18H21N5O3S2/c1-13-12-27-16-4-3-14(11-15(16)21-17(13)24)28(25,26)23-9-7-22(8-10-23)18-19-5-2-6-20-18/h2-6,11,13H,7-10,12H2,1H3,(H,21,24). The normalized spacial score (nSPS) is 21.0. The first-order chi connectivity index (χ1) is 13.4. The largest absolute Gasteiger partial charge is 0.338 e. The fourth-order valence-corrected chi connectivity index (χ4v) is 5.63. The highest BCUT2D eigenvalue weighted by atomic mass is 32.2. The van der Waals surface area contributed by atoms with Gasteiger partial charge in [0.2, 0.25) is 21.9 Å². The first-order valence-electron chi connectivity index (χ1n) is 9.05. The van der Waals surface area contributed by atoms with Crippen LogP contribution in [0.3, 0.4) is 0 Å². The van der Waals surface area contributed by atoms with Gasteiger partial charge in [0.05, 0.1) is 10.6 Å². The van der Waals surface area contributed by atoms with Gasteiger partial charge < -0.3 is 10.2 Å². The number of nitrogens with one attached hydrogen (secondary N) is 1. The van der Waals surface area contributed by atoms with Crippen LogP contribution in [0.1, 0.15) is 6.92 Å². The molecule has 2 aromatic rings. The molecular formula is C18H21N5O3S2. The number of aromatic nitrogens is 2. The first kappa shape index (κ1) is 19.2. The molecule has 1 amide bonds. The van der Waals surface area contributed by atoms with Crippen molar-refractivity contribution < 1.29 is 13.2 Å². The molecule has 0 saturated carbocycles. The zero-order valence-electron chi connectivity index (χ0n) is 15.4. The Morgan fingerprint density at radius 2 is 1.86 bits per heavy atom. The summed E-state index contributed by atoms with van der Waals surface area (Å²) in [4.78, 5) is 23.6. The number of amides is 1. The van der Waals surface area contributed by atoms with Crippen molar-refractivity contribution in [3.63, 3.8) is 0 Å². The highest BCUT2D eigenvalue weighted by molar-refractivity contribution is 7.99. The van der Waals surface area contributed by atoms with Crippen molar-refractivity contribution in [2.24, 2.45) is 5.92 Å². The number of benzene rings is 1. The number of rotatable bonds is 3. The van der Waals surface area contributed by atoms with Crippen LogP contribution in [0.5, 0.6) is 0 Å². The molecule has 1 atom stereocenters. The first-order valence-corrected chi connectivity index (χ1v) is 11.5. The third-order valence-electron chi connectivity index (χ3n) is 4.86. The molecule has 10 heteroatoms. The number of piperazine rings is 1. The minimum atomic E-state index is -3.64. The zero-order valence-corrected chi connectivity index (χ0v) is 17.0. The second-order valence-corrected chi connectivity index (χ2v) is 9.80. The predicted octanol–water partition coefficient (Wildman–Crippen LogP) is 1.67. The minimum Gasteiger partial charge on any atom is -0.338 e. The van der Waals surface area contributed by atoms with Crippen LogP contribution in [0.15, 0.2) is 46.5 Å². The van der Waals surface area contributed by atoms with Crippen molar-refractivity contribution >= 4 is 39.3 Å². The Kier molecular flexibility index (Phi) is 5.26. The van der Waals surface area contributed by atoms with E-state index in [0.717, 1.165) is 4.90 Å². The van der Waals surface area contributed by atoms with Crippen LogP contribution in [0, 0.1) is 5.92 Å². The average molecular weight is 420 g/mol. The van der Waals surface area contributed by atoms with E-state index in [-0.39, 0.29) is 16.7 Å². The maximum Gasteiger partial charge on any atom is 0.243 e. The van der Waals surface area contributed by atoms with E-state index < -0.39 is 10.0 Å². The molecule has 1 aromatic carbocycles. The minimum absolute atomic E-state index is 0.0859. The summed E-state index contributed by atoms with van der Waals surface area (Å²) in [6.45, 7) is 3.63. The van der Waals surface area contributed by atoms with Gasteiger partial charge in [0, 0.05) is 55.1 Å². The lowest BCUT2D eigenvalue weighted by Gasteiger charge is -2.34. The quantitative estimate of drug-likeness (QED) is 0.808. The van der Waals surface area contributed by atoms with Gasteiger partial charge in [-0.1, -0.05) is 6.92 Å². The van der Waals surface area contributed by atoms with Crippen molar-refractivity contribution in [2.75, 3.05) is 42.1 Å². The van der Waals surface area contributed by atoms with Gasteiger partial charge in [0.1, 0.15) is 0 Å². The maximum atomic E-state index is 13.1. The number of anilines is 2. The van der Waals surface area contributed by atoms with Crippen molar-refractivity contribution in [2.45, 2.75) is 16.7 Å². The van der Waals surface area contributed by atoms with Gasteiger partial charge >= 0.3 is 0 Å². The number of thioether (sulfide) groups is 1. The maximum absolute atomic E-state index is 13.1. The van der Waals surface area contributed by atoms with Crippen LogP contribution in [-0.2, 0) is 14.8 Å². The zero-order chi connectivity index (χ0) is 19.7. The second kappa shape index (κ2) is 7.69. The molecule has 1 aromatic heterocycles. The SMILES string of the molecule is CC1CSc2ccc(S(=O)(=O)N3CCN(c4ncccn4)CC3)cc2NC1=O. The van der Waals surface area contributed by atoms with E-state index in [0.29, 0.717) is 43.6 Å². The fourth-order valence-electron chi connectivity index (χ4n) is 3.17. The van der Waals surface area contributed by atoms with Crippen LogP contribution >= 0.6 is 11.8 Å². The molecule has 1 saturated heterocycles. The smallest absolute Gasteiger partial charge is 0.243 e. The average Bonchev–Trinajstić information content (AvgIpc) is 2.86. The van der Waals surface area contributed by atoms with Gasteiger partial charge in [0.25, 0.3) is 0 Å².